The van der Waals surface area contributed by atoms with Crippen LogP contribution in [-0.4, -0.2) is 31.5 Å². The number of Topliss-reactive ketones (excluding diaryl/α,β-unsaturated/α-hetero) is 1. The summed E-state index contributed by atoms with van der Waals surface area (Å²) in [5.74, 6) is -1.49. The maximum Gasteiger partial charge on any atom is 0.303 e. The molecule has 7 heteroatoms. The van der Waals surface area contributed by atoms with E-state index >= 15 is 0 Å². The van der Waals surface area contributed by atoms with Gasteiger partial charge in [0.25, 0.3) is 0 Å². The summed E-state index contributed by atoms with van der Waals surface area (Å²) in [5, 5.41) is 8.50. The minimum atomic E-state index is -3.48. The molecule has 0 aliphatic heterocycles. The van der Waals surface area contributed by atoms with Gasteiger partial charge in [0.2, 0.25) is 10.0 Å². The maximum absolute atomic E-state index is 11.8. The zero-order chi connectivity index (χ0) is 13.8. The Kier molecular flexibility index (Phi) is 4.43. The van der Waals surface area contributed by atoms with E-state index in [-0.39, 0.29) is 24.1 Å². The van der Waals surface area contributed by atoms with Crippen LogP contribution >= 0.6 is 0 Å². The number of para-hydroxylation sites is 1. The quantitative estimate of drug-likeness (QED) is 0.755. The van der Waals surface area contributed by atoms with Crippen molar-refractivity contribution in [1.29, 1.82) is 0 Å². The van der Waals surface area contributed by atoms with Crippen LogP contribution in [0.3, 0.4) is 0 Å². The lowest BCUT2D eigenvalue weighted by Crippen LogP contribution is -2.13. The summed E-state index contributed by atoms with van der Waals surface area (Å²) in [6.07, 6.45) is 0.523. The Bertz CT molecular complexity index is 565. The van der Waals surface area contributed by atoms with Gasteiger partial charge in [-0.3, -0.25) is 14.3 Å². The van der Waals surface area contributed by atoms with Gasteiger partial charge in [0.1, 0.15) is 0 Å². The van der Waals surface area contributed by atoms with Crippen LogP contribution < -0.4 is 4.72 Å². The summed E-state index contributed by atoms with van der Waals surface area (Å²) in [6, 6.07) is 6.08. The number of aliphatic carboxylic acids is 1. The molecule has 98 valence electrons. The van der Waals surface area contributed by atoms with Crippen molar-refractivity contribution in [2.75, 3.05) is 11.0 Å². The highest BCUT2D eigenvalue weighted by molar-refractivity contribution is 7.92. The lowest BCUT2D eigenvalue weighted by Gasteiger charge is -2.09. The summed E-state index contributed by atoms with van der Waals surface area (Å²) in [6.45, 7) is 0. The number of ketones is 1. The van der Waals surface area contributed by atoms with Crippen LogP contribution in [0.1, 0.15) is 23.2 Å². The molecule has 0 aliphatic rings. The first-order valence-electron chi connectivity index (χ1n) is 5.11. The molecular formula is C11H13NO5S. The molecule has 18 heavy (non-hydrogen) atoms. The Hall–Kier alpha value is -1.89. The van der Waals surface area contributed by atoms with Gasteiger partial charge in [-0.1, -0.05) is 12.1 Å². The Morgan fingerprint density at radius 3 is 2.39 bits per heavy atom. The maximum atomic E-state index is 11.8. The van der Waals surface area contributed by atoms with Gasteiger partial charge >= 0.3 is 5.97 Å². The second kappa shape index (κ2) is 5.63. The molecule has 0 bridgehead atoms. The summed E-state index contributed by atoms with van der Waals surface area (Å²) in [4.78, 5) is 22.1. The van der Waals surface area contributed by atoms with E-state index in [1.165, 1.54) is 12.1 Å². The molecule has 1 aromatic carbocycles. The molecule has 0 heterocycles. The fourth-order valence-corrected chi connectivity index (χ4v) is 1.95. The van der Waals surface area contributed by atoms with E-state index in [1.54, 1.807) is 12.1 Å². The fourth-order valence-electron chi connectivity index (χ4n) is 1.37. The molecule has 0 atom stereocenters. The molecule has 6 nitrogen and oxygen atoms in total. The summed E-state index contributed by atoms with van der Waals surface area (Å²) >= 11 is 0. The van der Waals surface area contributed by atoms with E-state index in [1.807, 2.05) is 0 Å². The van der Waals surface area contributed by atoms with Crippen LogP contribution in [0.25, 0.3) is 0 Å². The molecule has 0 fully saturated rings. The molecular weight excluding hydrogens is 258 g/mol. The minimum Gasteiger partial charge on any atom is -0.481 e. The van der Waals surface area contributed by atoms with Crippen LogP contribution in [0, 0.1) is 0 Å². The highest BCUT2D eigenvalue weighted by Gasteiger charge is 2.14. The van der Waals surface area contributed by atoms with Crippen molar-refractivity contribution >= 4 is 27.5 Å². The number of rotatable bonds is 6. The van der Waals surface area contributed by atoms with E-state index < -0.39 is 21.8 Å². The predicted molar refractivity (Wildman–Crippen MR) is 66.1 cm³/mol. The van der Waals surface area contributed by atoms with E-state index in [0.717, 1.165) is 6.26 Å². The second-order valence-electron chi connectivity index (χ2n) is 3.74. The number of sulfonamides is 1. The molecule has 0 radical (unpaired) electrons. The molecule has 0 spiro atoms. The number of carbonyl (C=O) groups excluding carboxylic acids is 1. The predicted octanol–water partition coefficient (Wildman–Crippen LogP) is 1.11. The Morgan fingerprint density at radius 2 is 1.83 bits per heavy atom. The lowest BCUT2D eigenvalue weighted by atomic mass is 10.1. The molecule has 0 aromatic heterocycles. The molecule has 1 rings (SSSR count). The van der Waals surface area contributed by atoms with Gasteiger partial charge in [0, 0.05) is 12.0 Å². The van der Waals surface area contributed by atoms with Crippen molar-refractivity contribution in [1.82, 2.24) is 0 Å². The van der Waals surface area contributed by atoms with Crippen molar-refractivity contribution in [2.45, 2.75) is 12.8 Å². The van der Waals surface area contributed by atoms with Crippen molar-refractivity contribution in [3.05, 3.63) is 29.8 Å². The SMILES string of the molecule is CS(=O)(=O)Nc1ccccc1C(=O)CCC(=O)O. The standard InChI is InChI=1S/C11H13NO5S/c1-18(16,17)12-9-5-3-2-4-8(9)10(13)6-7-11(14)15/h2-5,12H,6-7H2,1H3,(H,14,15). The van der Waals surface area contributed by atoms with Gasteiger partial charge in [-0.2, -0.15) is 0 Å². The highest BCUT2D eigenvalue weighted by Crippen LogP contribution is 2.18. The zero-order valence-corrected chi connectivity index (χ0v) is 10.5. The Labute approximate surface area is 105 Å². The third kappa shape index (κ3) is 4.54. The first-order valence-corrected chi connectivity index (χ1v) is 7.00. The first kappa shape index (κ1) is 14.2. The smallest absolute Gasteiger partial charge is 0.303 e. The van der Waals surface area contributed by atoms with Gasteiger partial charge in [-0.05, 0) is 12.1 Å². The van der Waals surface area contributed by atoms with E-state index in [4.69, 9.17) is 5.11 Å². The fraction of sp³-hybridized carbons (Fsp3) is 0.273. The van der Waals surface area contributed by atoms with E-state index in [9.17, 15) is 18.0 Å². The highest BCUT2D eigenvalue weighted by atomic mass is 32.2. The summed E-state index contributed by atoms with van der Waals surface area (Å²) in [5.41, 5.74) is 0.333. The number of carboxylic acid groups (broad SMARTS) is 1. The third-order valence-corrected chi connectivity index (χ3v) is 2.68. The molecule has 2 N–H and O–H groups in total. The van der Waals surface area contributed by atoms with Crippen molar-refractivity contribution in [3.8, 4) is 0 Å². The number of benzene rings is 1. The van der Waals surface area contributed by atoms with Gasteiger partial charge in [0.05, 0.1) is 18.4 Å². The van der Waals surface area contributed by atoms with Crippen molar-refractivity contribution < 1.29 is 23.1 Å². The minimum absolute atomic E-state index is 0.162. The second-order valence-corrected chi connectivity index (χ2v) is 5.49. The van der Waals surface area contributed by atoms with Gasteiger partial charge < -0.3 is 5.11 Å². The van der Waals surface area contributed by atoms with Gasteiger partial charge in [-0.25, -0.2) is 8.42 Å². The molecule has 0 saturated heterocycles. The van der Waals surface area contributed by atoms with Crippen LogP contribution in [0.15, 0.2) is 24.3 Å². The first-order chi connectivity index (χ1) is 8.29. The van der Waals surface area contributed by atoms with Gasteiger partial charge in [-0.15, -0.1) is 0 Å². The number of carbonyl (C=O) groups is 2. The topological polar surface area (TPSA) is 101 Å². The average molecular weight is 271 g/mol. The molecule has 1 aromatic rings. The number of anilines is 1. The summed E-state index contributed by atoms with van der Waals surface area (Å²) in [7, 11) is -3.48. The monoisotopic (exact) mass is 271 g/mol. The lowest BCUT2D eigenvalue weighted by molar-refractivity contribution is -0.136. The van der Waals surface area contributed by atoms with Crippen LogP contribution in [0.4, 0.5) is 5.69 Å². The zero-order valence-electron chi connectivity index (χ0n) is 9.71. The normalized spacial score (nSPS) is 10.9. The van der Waals surface area contributed by atoms with Crippen LogP contribution in [0.5, 0.6) is 0 Å². The summed E-state index contributed by atoms with van der Waals surface area (Å²) < 4.78 is 24.5. The number of hydrogen-bond acceptors (Lipinski definition) is 4. The average Bonchev–Trinajstić information content (AvgIpc) is 2.24. The number of nitrogens with one attached hydrogen (secondary N) is 1. The largest absolute Gasteiger partial charge is 0.481 e. The van der Waals surface area contributed by atoms with E-state index in [0.29, 0.717) is 0 Å². The third-order valence-electron chi connectivity index (χ3n) is 2.09. The van der Waals surface area contributed by atoms with Crippen LogP contribution in [0.2, 0.25) is 0 Å². The molecule has 0 aliphatic carbocycles. The number of carboxylic acids is 1. The molecule has 0 amide bonds. The molecule has 0 unspecified atom stereocenters. The van der Waals surface area contributed by atoms with Crippen LogP contribution in [-0.2, 0) is 14.8 Å². The van der Waals surface area contributed by atoms with Crippen molar-refractivity contribution in [3.63, 3.8) is 0 Å². The van der Waals surface area contributed by atoms with Crippen molar-refractivity contribution in [2.24, 2.45) is 0 Å². The molecule has 0 saturated carbocycles. The van der Waals surface area contributed by atoms with Gasteiger partial charge in [0.15, 0.2) is 5.78 Å². The van der Waals surface area contributed by atoms with E-state index in [2.05, 4.69) is 4.72 Å². The Morgan fingerprint density at radius 1 is 1.22 bits per heavy atom. The number of hydrogen-bond donors (Lipinski definition) is 2. The Balaban J connectivity index is 2.94.